The Hall–Kier alpha value is -1.95. The van der Waals surface area contributed by atoms with Gasteiger partial charge in [0.1, 0.15) is 5.69 Å². The third-order valence-corrected chi connectivity index (χ3v) is 3.53. The molecule has 1 aliphatic heterocycles. The predicted octanol–water partition coefficient (Wildman–Crippen LogP) is 0.851. The fourth-order valence-corrected chi connectivity index (χ4v) is 2.57. The van der Waals surface area contributed by atoms with Crippen molar-refractivity contribution >= 4 is 11.9 Å². The molecule has 0 bridgehead atoms. The second-order valence-corrected chi connectivity index (χ2v) is 5.05. The van der Waals surface area contributed by atoms with E-state index >= 15 is 0 Å². The maximum atomic E-state index is 12.4. The lowest BCUT2D eigenvalue weighted by Crippen LogP contribution is -2.42. The summed E-state index contributed by atoms with van der Waals surface area (Å²) in [6, 6.07) is 2.91. The van der Waals surface area contributed by atoms with Crippen molar-refractivity contribution in [2.24, 2.45) is 5.92 Å². The fraction of sp³-hybridized carbons (Fsp3) is 0.500. The molecule has 2 heterocycles. The molecule has 2 N–H and O–H groups in total. The molecule has 1 aliphatic rings. The highest BCUT2D eigenvalue weighted by Crippen LogP contribution is 2.18. The molecule has 1 aromatic heterocycles. The van der Waals surface area contributed by atoms with Gasteiger partial charge in [-0.05, 0) is 44.5 Å². The summed E-state index contributed by atoms with van der Waals surface area (Å²) in [7, 11) is 1.91. The van der Waals surface area contributed by atoms with E-state index in [1.165, 1.54) is 12.3 Å². The number of amides is 1. The Labute approximate surface area is 117 Å². The Bertz CT molecular complexity index is 502. The number of carboxylic acids is 1. The van der Waals surface area contributed by atoms with E-state index in [9.17, 15) is 9.59 Å². The van der Waals surface area contributed by atoms with Crippen LogP contribution in [0.5, 0.6) is 0 Å². The number of piperidine rings is 1. The van der Waals surface area contributed by atoms with Crippen LogP contribution in [0.3, 0.4) is 0 Å². The summed E-state index contributed by atoms with van der Waals surface area (Å²) in [4.78, 5) is 28.8. The van der Waals surface area contributed by atoms with E-state index in [1.807, 2.05) is 7.05 Å². The number of carbonyl (C=O) groups is 2. The van der Waals surface area contributed by atoms with Gasteiger partial charge in [0.15, 0.2) is 0 Å². The second-order valence-electron chi connectivity index (χ2n) is 5.05. The van der Waals surface area contributed by atoms with E-state index in [0.717, 1.165) is 25.9 Å². The van der Waals surface area contributed by atoms with Gasteiger partial charge in [-0.2, -0.15) is 0 Å². The van der Waals surface area contributed by atoms with E-state index in [0.29, 0.717) is 18.0 Å². The standard InChI is InChI=1S/C14H19N3O3/c1-15-8-10-3-2-6-17(9-10)13(18)11-4-5-16-12(7-11)14(19)20/h4-5,7,10,15H,2-3,6,8-9H2,1H3,(H,19,20). The molecule has 1 unspecified atom stereocenters. The van der Waals surface area contributed by atoms with Gasteiger partial charge in [0.25, 0.3) is 5.91 Å². The molecule has 2 rings (SSSR count). The number of pyridine rings is 1. The molecule has 1 fully saturated rings. The van der Waals surface area contributed by atoms with Gasteiger partial charge < -0.3 is 15.3 Å². The average Bonchev–Trinajstić information content (AvgIpc) is 2.47. The van der Waals surface area contributed by atoms with Gasteiger partial charge >= 0.3 is 5.97 Å². The molecular formula is C14H19N3O3. The highest BCUT2D eigenvalue weighted by atomic mass is 16.4. The van der Waals surface area contributed by atoms with Crippen LogP contribution in [0.15, 0.2) is 18.3 Å². The van der Waals surface area contributed by atoms with E-state index < -0.39 is 5.97 Å². The molecule has 1 aromatic rings. The average molecular weight is 277 g/mol. The molecule has 108 valence electrons. The SMILES string of the molecule is CNCC1CCCN(C(=O)c2ccnc(C(=O)O)c2)C1. The molecule has 0 radical (unpaired) electrons. The van der Waals surface area contributed by atoms with Crippen LogP contribution in [0.4, 0.5) is 0 Å². The number of hydrogen-bond donors (Lipinski definition) is 2. The molecule has 1 saturated heterocycles. The molecule has 0 aromatic carbocycles. The maximum Gasteiger partial charge on any atom is 0.354 e. The van der Waals surface area contributed by atoms with Gasteiger partial charge in [0.05, 0.1) is 0 Å². The largest absolute Gasteiger partial charge is 0.477 e. The minimum Gasteiger partial charge on any atom is -0.477 e. The smallest absolute Gasteiger partial charge is 0.354 e. The number of likely N-dealkylation sites (tertiary alicyclic amines) is 1. The zero-order chi connectivity index (χ0) is 14.5. The van der Waals surface area contributed by atoms with Crippen molar-refractivity contribution in [2.45, 2.75) is 12.8 Å². The lowest BCUT2D eigenvalue weighted by molar-refractivity contribution is 0.0674. The lowest BCUT2D eigenvalue weighted by Gasteiger charge is -2.32. The third-order valence-electron chi connectivity index (χ3n) is 3.53. The fourth-order valence-electron chi connectivity index (χ4n) is 2.57. The molecule has 20 heavy (non-hydrogen) atoms. The molecule has 6 nitrogen and oxygen atoms in total. The molecule has 0 aliphatic carbocycles. The summed E-state index contributed by atoms with van der Waals surface area (Å²) in [6.07, 6.45) is 3.46. The summed E-state index contributed by atoms with van der Waals surface area (Å²) in [6.45, 7) is 2.33. The zero-order valence-corrected chi connectivity index (χ0v) is 11.5. The number of hydrogen-bond acceptors (Lipinski definition) is 4. The van der Waals surface area contributed by atoms with Crippen molar-refractivity contribution in [3.8, 4) is 0 Å². The van der Waals surface area contributed by atoms with E-state index in [4.69, 9.17) is 5.11 Å². The maximum absolute atomic E-state index is 12.4. The Balaban J connectivity index is 2.10. The Kier molecular flexibility index (Phi) is 4.68. The van der Waals surface area contributed by atoms with Crippen molar-refractivity contribution in [2.75, 3.05) is 26.7 Å². The monoisotopic (exact) mass is 277 g/mol. The van der Waals surface area contributed by atoms with Gasteiger partial charge in [-0.3, -0.25) is 4.79 Å². The molecule has 0 saturated carbocycles. The van der Waals surface area contributed by atoms with Crippen LogP contribution in [-0.4, -0.2) is 53.5 Å². The number of rotatable bonds is 4. The zero-order valence-electron chi connectivity index (χ0n) is 11.5. The first-order chi connectivity index (χ1) is 9.61. The summed E-state index contributed by atoms with van der Waals surface area (Å²) >= 11 is 0. The summed E-state index contributed by atoms with van der Waals surface area (Å²) in [5, 5.41) is 12.1. The molecular weight excluding hydrogens is 258 g/mol. The molecule has 0 spiro atoms. The minimum atomic E-state index is -1.12. The Morgan fingerprint density at radius 1 is 1.55 bits per heavy atom. The molecule has 6 heteroatoms. The normalized spacial score (nSPS) is 18.9. The number of carboxylic acid groups (broad SMARTS) is 1. The number of aromatic carboxylic acids is 1. The third kappa shape index (κ3) is 3.33. The van der Waals surface area contributed by atoms with Crippen molar-refractivity contribution in [3.63, 3.8) is 0 Å². The van der Waals surface area contributed by atoms with Crippen LogP contribution in [-0.2, 0) is 0 Å². The van der Waals surface area contributed by atoms with Crippen LogP contribution in [0.1, 0.15) is 33.7 Å². The van der Waals surface area contributed by atoms with Crippen LogP contribution >= 0.6 is 0 Å². The number of nitrogens with zero attached hydrogens (tertiary/aromatic N) is 2. The van der Waals surface area contributed by atoms with Crippen LogP contribution in [0.25, 0.3) is 0 Å². The predicted molar refractivity (Wildman–Crippen MR) is 73.8 cm³/mol. The number of aromatic nitrogens is 1. The molecule has 1 atom stereocenters. The van der Waals surface area contributed by atoms with Crippen LogP contribution in [0.2, 0.25) is 0 Å². The first kappa shape index (κ1) is 14.5. The highest BCUT2D eigenvalue weighted by Gasteiger charge is 2.24. The topological polar surface area (TPSA) is 82.5 Å². The lowest BCUT2D eigenvalue weighted by atomic mass is 9.97. The summed E-state index contributed by atoms with van der Waals surface area (Å²) < 4.78 is 0. The quantitative estimate of drug-likeness (QED) is 0.852. The van der Waals surface area contributed by atoms with E-state index in [-0.39, 0.29) is 11.6 Å². The van der Waals surface area contributed by atoms with E-state index in [2.05, 4.69) is 10.3 Å². The van der Waals surface area contributed by atoms with Crippen LogP contribution in [0, 0.1) is 5.92 Å². The number of nitrogens with one attached hydrogen (secondary N) is 1. The number of carbonyl (C=O) groups excluding carboxylic acids is 1. The molecule has 1 amide bonds. The van der Waals surface area contributed by atoms with Gasteiger partial charge in [0.2, 0.25) is 0 Å². The highest BCUT2D eigenvalue weighted by molar-refractivity contribution is 5.96. The minimum absolute atomic E-state index is 0.0976. The summed E-state index contributed by atoms with van der Waals surface area (Å²) in [5.74, 6) is -0.777. The second kappa shape index (κ2) is 6.47. The van der Waals surface area contributed by atoms with Crippen molar-refractivity contribution < 1.29 is 14.7 Å². The summed E-state index contributed by atoms with van der Waals surface area (Å²) in [5.41, 5.74) is 0.294. The van der Waals surface area contributed by atoms with E-state index in [1.54, 1.807) is 11.0 Å². The van der Waals surface area contributed by atoms with Crippen molar-refractivity contribution in [1.29, 1.82) is 0 Å². The first-order valence-electron chi connectivity index (χ1n) is 6.75. The van der Waals surface area contributed by atoms with Crippen LogP contribution < -0.4 is 5.32 Å². The van der Waals surface area contributed by atoms with Gasteiger partial charge in [-0.1, -0.05) is 0 Å². The van der Waals surface area contributed by atoms with Gasteiger partial charge in [-0.15, -0.1) is 0 Å². The Morgan fingerprint density at radius 3 is 3.05 bits per heavy atom. The van der Waals surface area contributed by atoms with Gasteiger partial charge in [-0.25, -0.2) is 9.78 Å². The van der Waals surface area contributed by atoms with Crippen molar-refractivity contribution in [1.82, 2.24) is 15.2 Å². The first-order valence-corrected chi connectivity index (χ1v) is 6.75. The Morgan fingerprint density at radius 2 is 2.35 bits per heavy atom. The van der Waals surface area contributed by atoms with Gasteiger partial charge in [0, 0.05) is 24.8 Å². The van der Waals surface area contributed by atoms with Crippen molar-refractivity contribution in [3.05, 3.63) is 29.6 Å².